The van der Waals surface area contributed by atoms with Gasteiger partial charge in [-0.15, -0.1) is 0 Å². The summed E-state index contributed by atoms with van der Waals surface area (Å²) in [7, 11) is -4.64. The molecule has 0 radical (unpaired) electrons. The van der Waals surface area contributed by atoms with E-state index in [-0.39, 0.29) is 51.4 Å². The van der Waals surface area contributed by atoms with E-state index in [1.165, 1.54) is 0 Å². The number of halogens is 1. The zero-order valence-electron chi connectivity index (χ0n) is 4.28. The fraction of sp³-hybridized carbons (Fsp3) is 0. The van der Waals surface area contributed by atoms with Gasteiger partial charge in [0.2, 0.25) is 0 Å². The second-order valence-corrected chi connectivity index (χ2v) is 1.54. The van der Waals surface area contributed by atoms with Gasteiger partial charge in [-0.3, -0.25) is 6.38 Å². The van der Waals surface area contributed by atoms with Gasteiger partial charge in [0.1, 0.15) is 0 Å². The van der Waals surface area contributed by atoms with Crippen LogP contribution >= 0.6 is 19.4 Å². The molecular weight excluding hydrogens is 182 g/mol. The standard InChI is InChI=1S/CH2Cl.K.H3O4P/c1-2;;1-5(2,3)4/h1H2;;(H3,1,2,3,4)/q-1;+1;. The van der Waals surface area contributed by atoms with Gasteiger partial charge in [0.05, 0.1) is 0 Å². The van der Waals surface area contributed by atoms with E-state index in [0.717, 1.165) is 0 Å². The van der Waals surface area contributed by atoms with Crippen LogP contribution in [0.3, 0.4) is 0 Å². The summed E-state index contributed by atoms with van der Waals surface area (Å²) in [6.45, 7) is 0. The van der Waals surface area contributed by atoms with Gasteiger partial charge in [0.25, 0.3) is 0 Å². The van der Waals surface area contributed by atoms with Crippen molar-refractivity contribution in [2.24, 2.45) is 0 Å². The van der Waals surface area contributed by atoms with Gasteiger partial charge in [-0.25, -0.2) is 4.57 Å². The second-order valence-electron chi connectivity index (χ2n) is 0.513. The third kappa shape index (κ3) is 96.0. The Labute approximate surface area is 94.9 Å². The van der Waals surface area contributed by atoms with Crippen LogP contribution in [0.1, 0.15) is 0 Å². The molecule has 0 aromatic carbocycles. The molecule has 0 amide bonds. The molecule has 0 bridgehead atoms. The Morgan fingerprint density at radius 1 is 1.25 bits per heavy atom. The molecule has 0 spiro atoms. The van der Waals surface area contributed by atoms with Crippen molar-refractivity contribution < 1.29 is 70.6 Å². The fourth-order valence-electron chi connectivity index (χ4n) is 0. The number of phosphoric acid groups is 1. The van der Waals surface area contributed by atoms with E-state index in [2.05, 4.69) is 18.0 Å². The maximum absolute atomic E-state index is 8.88. The molecule has 46 valence electrons. The van der Waals surface area contributed by atoms with Crippen molar-refractivity contribution in [1.82, 2.24) is 0 Å². The van der Waals surface area contributed by atoms with Crippen LogP contribution in [0.4, 0.5) is 0 Å². The maximum Gasteiger partial charge on any atom is 1.00 e. The second kappa shape index (κ2) is 9.04. The summed E-state index contributed by atoms with van der Waals surface area (Å²) in [4.78, 5) is 21.6. The van der Waals surface area contributed by atoms with E-state index in [1.807, 2.05) is 0 Å². The molecule has 7 heteroatoms. The molecule has 0 fully saturated rings. The minimum atomic E-state index is -4.64. The predicted molar refractivity (Wildman–Crippen MR) is 25.5 cm³/mol. The molecule has 0 aliphatic rings. The van der Waals surface area contributed by atoms with Crippen molar-refractivity contribution in [2.45, 2.75) is 0 Å². The first-order valence-electron chi connectivity index (χ1n) is 1.05. The molecule has 0 heterocycles. The average molecular weight is 187 g/mol. The van der Waals surface area contributed by atoms with Crippen LogP contribution < -0.4 is 51.4 Å². The van der Waals surface area contributed by atoms with E-state index in [1.54, 1.807) is 0 Å². The predicted octanol–water partition coefficient (Wildman–Crippen LogP) is -2.91. The molecule has 8 heavy (non-hydrogen) atoms. The van der Waals surface area contributed by atoms with Crippen LogP contribution in [0.2, 0.25) is 0 Å². The number of hydrogen-bond acceptors (Lipinski definition) is 1. The molecule has 0 saturated carbocycles. The van der Waals surface area contributed by atoms with Gasteiger partial charge in [0, 0.05) is 0 Å². The summed E-state index contributed by atoms with van der Waals surface area (Å²) in [6, 6.07) is 0. The Bertz CT molecular complexity index is 62.2. The summed E-state index contributed by atoms with van der Waals surface area (Å²) < 4.78 is 8.88. The monoisotopic (exact) mass is 186 g/mol. The molecule has 3 N–H and O–H groups in total. The van der Waals surface area contributed by atoms with E-state index in [0.29, 0.717) is 0 Å². The van der Waals surface area contributed by atoms with Gasteiger partial charge in [-0.2, -0.15) is 0 Å². The first-order chi connectivity index (χ1) is 3.00. The van der Waals surface area contributed by atoms with Crippen LogP contribution in [0, 0.1) is 6.38 Å². The molecule has 0 aromatic heterocycles. The summed E-state index contributed by atoms with van der Waals surface area (Å²) in [5.41, 5.74) is 0. The first kappa shape index (κ1) is 16.6. The van der Waals surface area contributed by atoms with Crippen LogP contribution in [0.15, 0.2) is 0 Å². The normalized spacial score (nSPS) is 8.12. The van der Waals surface area contributed by atoms with Crippen LogP contribution in [-0.4, -0.2) is 14.7 Å². The summed E-state index contributed by atoms with van der Waals surface area (Å²) in [5.74, 6) is 0. The summed E-state index contributed by atoms with van der Waals surface area (Å²) >= 11 is 4.39. The molecule has 0 aliphatic heterocycles. The van der Waals surface area contributed by atoms with E-state index in [9.17, 15) is 0 Å². The van der Waals surface area contributed by atoms with Crippen molar-refractivity contribution in [3.63, 3.8) is 0 Å². The Hall–Kier alpha value is 2.04. The molecule has 0 atom stereocenters. The Morgan fingerprint density at radius 2 is 1.25 bits per heavy atom. The van der Waals surface area contributed by atoms with Gasteiger partial charge >= 0.3 is 59.2 Å². The quantitative estimate of drug-likeness (QED) is 0.215. The molecule has 0 rings (SSSR count). The molecule has 4 nitrogen and oxygen atoms in total. The van der Waals surface area contributed by atoms with Crippen molar-refractivity contribution >= 4 is 19.4 Å². The van der Waals surface area contributed by atoms with E-state index < -0.39 is 7.82 Å². The third-order valence-corrected chi connectivity index (χ3v) is 0. The number of rotatable bonds is 0. The maximum atomic E-state index is 8.88. The topological polar surface area (TPSA) is 77.8 Å². The SMILES string of the molecule is O=P(O)(O)O.[CH2-]Cl.[K+]. The molecule has 0 aliphatic carbocycles. The molecular formula is CH5ClKO4P. The van der Waals surface area contributed by atoms with E-state index in [4.69, 9.17) is 19.2 Å². The fourth-order valence-corrected chi connectivity index (χ4v) is 0. The smallest absolute Gasteiger partial charge is 0.352 e. The minimum absolute atomic E-state index is 0. The van der Waals surface area contributed by atoms with Crippen LogP contribution in [0.25, 0.3) is 0 Å². The van der Waals surface area contributed by atoms with E-state index >= 15 is 0 Å². The molecule has 0 unspecified atom stereocenters. The Balaban J connectivity index is -0.0000000750. The largest absolute Gasteiger partial charge is 1.00 e. The van der Waals surface area contributed by atoms with Crippen LogP contribution in [0.5, 0.6) is 0 Å². The average Bonchev–Trinajstić information content (AvgIpc) is 1.36. The molecule has 0 aromatic rings. The summed E-state index contributed by atoms with van der Waals surface area (Å²) in [5, 5.41) is 0. The molecule has 0 saturated heterocycles. The van der Waals surface area contributed by atoms with Crippen LogP contribution in [-0.2, 0) is 4.57 Å². The third-order valence-electron chi connectivity index (χ3n) is 0. The Kier molecular flexibility index (Phi) is 18.7. The van der Waals surface area contributed by atoms with Crippen molar-refractivity contribution in [3.05, 3.63) is 6.38 Å². The van der Waals surface area contributed by atoms with Crippen molar-refractivity contribution in [2.75, 3.05) is 0 Å². The summed E-state index contributed by atoms with van der Waals surface area (Å²) in [6.07, 6.45) is 2.72. The van der Waals surface area contributed by atoms with Gasteiger partial charge in [-0.05, 0) is 0 Å². The first-order valence-corrected chi connectivity index (χ1v) is 3.15. The zero-order chi connectivity index (χ0) is 6.50. The zero-order valence-corrected chi connectivity index (χ0v) is 9.06. The van der Waals surface area contributed by atoms with Gasteiger partial charge in [0.15, 0.2) is 0 Å². The van der Waals surface area contributed by atoms with Crippen molar-refractivity contribution in [3.8, 4) is 0 Å². The number of hydrogen-bond donors (Lipinski definition) is 3. The van der Waals surface area contributed by atoms with Gasteiger partial charge in [-0.1, -0.05) is 0 Å². The van der Waals surface area contributed by atoms with Gasteiger partial charge < -0.3 is 26.3 Å². The minimum Gasteiger partial charge on any atom is -0.352 e. The van der Waals surface area contributed by atoms with Crippen molar-refractivity contribution in [1.29, 1.82) is 0 Å². The Morgan fingerprint density at radius 3 is 1.25 bits per heavy atom.